The van der Waals surface area contributed by atoms with Crippen molar-refractivity contribution in [2.24, 2.45) is 0 Å². The van der Waals surface area contributed by atoms with E-state index in [1.54, 1.807) is 18.4 Å². The Labute approximate surface area is 123 Å². The lowest BCUT2D eigenvalue weighted by Crippen LogP contribution is -2.54. The predicted molar refractivity (Wildman–Crippen MR) is 80.0 cm³/mol. The Balaban J connectivity index is 1.73. The van der Waals surface area contributed by atoms with Crippen molar-refractivity contribution >= 4 is 17.2 Å². The average molecular weight is 294 g/mol. The van der Waals surface area contributed by atoms with Gasteiger partial charge >= 0.3 is 0 Å². The molecule has 1 aromatic heterocycles. The Morgan fingerprint density at radius 3 is 3.05 bits per heavy atom. The molecule has 0 radical (unpaired) electrons. The summed E-state index contributed by atoms with van der Waals surface area (Å²) >= 11 is 1.80. The van der Waals surface area contributed by atoms with Gasteiger partial charge in [-0.05, 0) is 62.2 Å². The maximum Gasteiger partial charge on any atom is 0.252 e. The Morgan fingerprint density at radius 2 is 2.30 bits per heavy atom. The number of aryl methyl sites for hydroxylation is 1. The number of hydrogen-bond acceptors (Lipinski definition) is 4. The van der Waals surface area contributed by atoms with Gasteiger partial charge in [0.2, 0.25) is 0 Å². The third-order valence-electron chi connectivity index (χ3n) is 4.57. The first kappa shape index (κ1) is 14.0. The summed E-state index contributed by atoms with van der Waals surface area (Å²) in [5.74, 6) is 0.0607. The molecule has 1 atom stereocenters. The maximum absolute atomic E-state index is 12.7. The summed E-state index contributed by atoms with van der Waals surface area (Å²) in [5, 5.41) is 8.65. The second-order valence-corrected chi connectivity index (χ2v) is 6.67. The summed E-state index contributed by atoms with van der Waals surface area (Å²) in [4.78, 5) is 14.1. The van der Waals surface area contributed by atoms with Gasteiger partial charge in [0.15, 0.2) is 0 Å². The maximum atomic E-state index is 12.7. The van der Waals surface area contributed by atoms with Crippen molar-refractivity contribution in [1.29, 1.82) is 0 Å². The first-order valence-electron chi connectivity index (χ1n) is 7.38. The Kier molecular flexibility index (Phi) is 4.10. The molecule has 1 unspecified atom stereocenters. The van der Waals surface area contributed by atoms with E-state index in [4.69, 9.17) is 4.74 Å². The van der Waals surface area contributed by atoms with Gasteiger partial charge in [0.1, 0.15) is 5.60 Å². The summed E-state index contributed by atoms with van der Waals surface area (Å²) in [6.45, 7) is 1.69. The minimum Gasteiger partial charge on any atom is -0.368 e. The number of nitrogens with one attached hydrogen (secondary N) is 2. The molecular formula is C15H22N2O2S. The van der Waals surface area contributed by atoms with Gasteiger partial charge in [-0.3, -0.25) is 4.79 Å². The summed E-state index contributed by atoms with van der Waals surface area (Å²) < 4.78 is 5.60. The molecule has 2 heterocycles. The molecule has 1 amide bonds. The van der Waals surface area contributed by atoms with E-state index < -0.39 is 5.60 Å². The van der Waals surface area contributed by atoms with Gasteiger partial charge in [0.05, 0.1) is 6.04 Å². The van der Waals surface area contributed by atoms with Crippen LogP contribution in [0.15, 0.2) is 11.4 Å². The lowest BCUT2D eigenvalue weighted by molar-refractivity contribution is -0.147. The standard InChI is InChI=1S/C15H22N2O2S/c1-19-15(6-8-16-9-7-15)14(18)17-12-3-2-4-13-11(12)5-10-20-13/h5,10,12,16H,2-4,6-9H2,1H3,(H,17,18). The molecular weight excluding hydrogens is 272 g/mol. The molecule has 2 N–H and O–H groups in total. The van der Waals surface area contributed by atoms with Crippen LogP contribution in [0.1, 0.15) is 42.2 Å². The van der Waals surface area contributed by atoms with Crippen LogP contribution < -0.4 is 10.6 Å². The molecule has 110 valence electrons. The zero-order valence-corrected chi connectivity index (χ0v) is 12.7. The van der Waals surface area contributed by atoms with E-state index in [0.717, 1.165) is 45.2 Å². The molecule has 4 nitrogen and oxygen atoms in total. The van der Waals surface area contributed by atoms with Crippen LogP contribution in [0.2, 0.25) is 0 Å². The molecule has 0 spiro atoms. The fraction of sp³-hybridized carbons (Fsp3) is 0.667. The highest BCUT2D eigenvalue weighted by molar-refractivity contribution is 7.10. The SMILES string of the molecule is COC1(C(=O)NC2CCCc3sccc32)CCNCC1. The number of thiophene rings is 1. The number of ether oxygens (including phenoxy) is 1. The first-order chi connectivity index (χ1) is 9.75. The summed E-state index contributed by atoms with van der Waals surface area (Å²) in [6, 6.07) is 2.32. The molecule has 0 bridgehead atoms. The smallest absolute Gasteiger partial charge is 0.252 e. The number of fused-ring (bicyclic) bond motifs is 1. The largest absolute Gasteiger partial charge is 0.368 e. The molecule has 2 aliphatic rings. The van der Waals surface area contributed by atoms with Gasteiger partial charge in [-0.2, -0.15) is 0 Å². The molecule has 0 saturated carbocycles. The molecule has 1 aliphatic carbocycles. The molecule has 1 aromatic rings. The van der Waals surface area contributed by atoms with E-state index in [-0.39, 0.29) is 11.9 Å². The van der Waals surface area contributed by atoms with Crippen molar-refractivity contribution in [3.8, 4) is 0 Å². The first-order valence-corrected chi connectivity index (χ1v) is 8.26. The summed E-state index contributed by atoms with van der Waals surface area (Å²) in [6.07, 6.45) is 4.84. The predicted octanol–water partition coefficient (Wildman–Crippen LogP) is 2.01. The number of methoxy groups -OCH3 is 1. The van der Waals surface area contributed by atoms with Crippen molar-refractivity contribution in [1.82, 2.24) is 10.6 Å². The van der Waals surface area contributed by atoms with Gasteiger partial charge in [-0.1, -0.05) is 0 Å². The molecule has 1 saturated heterocycles. The summed E-state index contributed by atoms with van der Waals surface area (Å²) in [7, 11) is 1.65. The lowest BCUT2D eigenvalue weighted by atomic mass is 9.89. The molecule has 1 aliphatic heterocycles. The molecule has 20 heavy (non-hydrogen) atoms. The van der Waals surface area contributed by atoms with Gasteiger partial charge in [-0.25, -0.2) is 0 Å². The topological polar surface area (TPSA) is 50.4 Å². The third kappa shape index (κ3) is 2.50. The Morgan fingerprint density at radius 1 is 1.50 bits per heavy atom. The molecule has 5 heteroatoms. The van der Waals surface area contributed by atoms with Crippen LogP contribution in [-0.2, 0) is 16.0 Å². The van der Waals surface area contributed by atoms with Gasteiger partial charge < -0.3 is 15.4 Å². The van der Waals surface area contributed by atoms with Gasteiger partial charge in [0, 0.05) is 12.0 Å². The van der Waals surface area contributed by atoms with Crippen molar-refractivity contribution in [3.05, 3.63) is 21.9 Å². The number of carbonyl (C=O) groups is 1. The van der Waals surface area contributed by atoms with Crippen LogP contribution in [0.5, 0.6) is 0 Å². The third-order valence-corrected chi connectivity index (χ3v) is 5.57. The van der Waals surface area contributed by atoms with Crippen LogP contribution in [0.4, 0.5) is 0 Å². The number of rotatable bonds is 3. The normalized spacial score (nSPS) is 24.9. The highest BCUT2D eigenvalue weighted by atomic mass is 32.1. The molecule has 3 rings (SSSR count). The minimum atomic E-state index is -0.640. The summed E-state index contributed by atoms with van der Waals surface area (Å²) in [5.41, 5.74) is 0.675. The van der Waals surface area contributed by atoms with Crippen LogP contribution in [0.3, 0.4) is 0 Å². The van der Waals surface area contributed by atoms with Crippen LogP contribution in [0, 0.1) is 0 Å². The van der Waals surface area contributed by atoms with Gasteiger partial charge in [-0.15, -0.1) is 11.3 Å². The average Bonchev–Trinajstić information content (AvgIpc) is 2.97. The highest BCUT2D eigenvalue weighted by Crippen LogP contribution is 2.34. The number of carbonyl (C=O) groups excluding carboxylic acids is 1. The van der Waals surface area contributed by atoms with E-state index >= 15 is 0 Å². The van der Waals surface area contributed by atoms with Crippen molar-refractivity contribution in [3.63, 3.8) is 0 Å². The van der Waals surface area contributed by atoms with Crippen molar-refractivity contribution < 1.29 is 9.53 Å². The highest BCUT2D eigenvalue weighted by Gasteiger charge is 2.41. The zero-order chi connectivity index (χ0) is 14.0. The number of amides is 1. The van der Waals surface area contributed by atoms with E-state index in [2.05, 4.69) is 22.1 Å². The van der Waals surface area contributed by atoms with E-state index in [1.807, 2.05) is 0 Å². The molecule has 0 aromatic carbocycles. The number of hydrogen-bond donors (Lipinski definition) is 2. The minimum absolute atomic E-state index is 0.0607. The number of piperidine rings is 1. The van der Waals surface area contributed by atoms with E-state index in [0.29, 0.717) is 0 Å². The molecule has 1 fully saturated rings. The second kappa shape index (κ2) is 5.84. The quantitative estimate of drug-likeness (QED) is 0.896. The Bertz CT molecular complexity index is 480. The monoisotopic (exact) mass is 294 g/mol. The van der Waals surface area contributed by atoms with Gasteiger partial charge in [0.25, 0.3) is 5.91 Å². The van der Waals surface area contributed by atoms with E-state index in [9.17, 15) is 4.79 Å². The lowest BCUT2D eigenvalue weighted by Gasteiger charge is -2.36. The zero-order valence-electron chi connectivity index (χ0n) is 11.9. The fourth-order valence-electron chi connectivity index (χ4n) is 3.28. The fourth-order valence-corrected chi connectivity index (χ4v) is 4.27. The second-order valence-electron chi connectivity index (χ2n) is 5.67. The van der Waals surface area contributed by atoms with Crippen LogP contribution >= 0.6 is 11.3 Å². The Hall–Kier alpha value is -0.910. The van der Waals surface area contributed by atoms with E-state index in [1.165, 1.54) is 10.4 Å². The van der Waals surface area contributed by atoms with Crippen LogP contribution in [0.25, 0.3) is 0 Å². The van der Waals surface area contributed by atoms with Crippen molar-refractivity contribution in [2.75, 3.05) is 20.2 Å². The van der Waals surface area contributed by atoms with Crippen LogP contribution in [-0.4, -0.2) is 31.7 Å². The van der Waals surface area contributed by atoms with Crippen molar-refractivity contribution in [2.45, 2.75) is 43.7 Å².